The number of hydrogen-bond donors (Lipinski definition) is 1. The lowest BCUT2D eigenvalue weighted by molar-refractivity contribution is -0.149. The van der Waals surface area contributed by atoms with Gasteiger partial charge in [-0.2, -0.15) is 0 Å². The smallest absolute Gasteiger partial charge is 0.310 e. The van der Waals surface area contributed by atoms with Crippen molar-refractivity contribution >= 4 is 5.97 Å². The highest BCUT2D eigenvalue weighted by Gasteiger charge is 2.17. The van der Waals surface area contributed by atoms with Crippen LogP contribution < -0.4 is 5.32 Å². The zero-order valence-corrected chi connectivity index (χ0v) is 12.3. The molecule has 0 bridgehead atoms. The second-order valence-corrected chi connectivity index (χ2v) is 5.78. The number of carbonyl (C=O) groups is 1. The molecule has 1 saturated carbocycles. The molecular weight excluding hydrogens is 250 g/mol. The van der Waals surface area contributed by atoms with Crippen LogP contribution in [0.25, 0.3) is 0 Å². The quantitative estimate of drug-likeness (QED) is 0.585. The lowest BCUT2D eigenvalue weighted by Gasteiger charge is -2.25. The van der Waals surface area contributed by atoms with Crippen molar-refractivity contribution in [3.8, 4) is 0 Å². The molecule has 0 amide bonds. The first-order chi connectivity index (χ1) is 9.75. The zero-order valence-electron chi connectivity index (χ0n) is 12.3. The molecule has 110 valence electrons. The van der Waals surface area contributed by atoms with Crippen LogP contribution in [0.15, 0.2) is 30.3 Å². The standard InChI is InChI=1S/C17H25NO2/c1-14(12-18-11-10-15-8-5-9-15)17(19)20-13-16-6-3-2-4-7-16/h2-4,6-7,14-15,18H,5,8-13H2,1H3. The highest BCUT2D eigenvalue weighted by molar-refractivity contribution is 5.72. The summed E-state index contributed by atoms with van der Waals surface area (Å²) in [6, 6.07) is 9.80. The Morgan fingerprint density at radius 1 is 1.35 bits per heavy atom. The highest BCUT2D eigenvalue weighted by atomic mass is 16.5. The minimum absolute atomic E-state index is 0.0832. The predicted octanol–water partition coefficient (Wildman–Crippen LogP) is 3.15. The van der Waals surface area contributed by atoms with E-state index in [4.69, 9.17) is 4.74 Å². The van der Waals surface area contributed by atoms with Gasteiger partial charge in [0, 0.05) is 6.54 Å². The van der Waals surface area contributed by atoms with E-state index >= 15 is 0 Å². The Morgan fingerprint density at radius 2 is 2.10 bits per heavy atom. The van der Waals surface area contributed by atoms with Gasteiger partial charge >= 0.3 is 5.97 Å². The summed E-state index contributed by atoms with van der Waals surface area (Å²) in [4.78, 5) is 11.8. The second-order valence-electron chi connectivity index (χ2n) is 5.78. The number of rotatable bonds is 8. The van der Waals surface area contributed by atoms with E-state index in [1.807, 2.05) is 37.3 Å². The average Bonchev–Trinajstić information content (AvgIpc) is 2.43. The number of carbonyl (C=O) groups excluding carboxylic acids is 1. The van der Waals surface area contributed by atoms with Crippen molar-refractivity contribution in [1.29, 1.82) is 0 Å². The maximum absolute atomic E-state index is 11.8. The van der Waals surface area contributed by atoms with Gasteiger partial charge in [-0.3, -0.25) is 4.79 Å². The van der Waals surface area contributed by atoms with E-state index in [-0.39, 0.29) is 11.9 Å². The molecular formula is C17H25NO2. The number of ether oxygens (including phenoxy) is 1. The topological polar surface area (TPSA) is 38.3 Å². The van der Waals surface area contributed by atoms with Gasteiger partial charge in [-0.05, 0) is 24.4 Å². The third-order valence-electron chi connectivity index (χ3n) is 4.03. The van der Waals surface area contributed by atoms with Crippen molar-refractivity contribution in [2.24, 2.45) is 11.8 Å². The second kappa shape index (κ2) is 8.05. The van der Waals surface area contributed by atoms with E-state index in [1.54, 1.807) is 0 Å². The van der Waals surface area contributed by atoms with Gasteiger partial charge in [0.05, 0.1) is 5.92 Å². The summed E-state index contributed by atoms with van der Waals surface area (Å²) in [7, 11) is 0. The highest BCUT2D eigenvalue weighted by Crippen LogP contribution is 2.28. The van der Waals surface area contributed by atoms with Crippen molar-refractivity contribution in [2.75, 3.05) is 13.1 Å². The van der Waals surface area contributed by atoms with E-state index < -0.39 is 0 Å². The number of esters is 1. The Bertz CT molecular complexity index is 401. The van der Waals surface area contributed by atoms with E-state index in [9.17, 15) is 4.79 Å². The van der Waals surface area contributed by atoms with Crippen LogP contribution >= 0.6 is 0 Å². The molecule has 1 aromatic rings. The molecule has 0 spiro atoms. The van der Waals surface area contributed by atoms with Crippen LogP contribution in [0.1, 0.15) is 38.2 Å². The van der Waals surface area contributed by atoms with Gasteiger partial charge in [0.2, 0.25) is 0 Å². The molecule has 1 fully saturated rings. The van der Waals surface area contributed by atoms with Crippen LogP contribution in [0.3, 0.4) is 0 Å². The van der Waals surface area contributed by atoms with Gasteiger partial charge in [0.15, 0.2) is 0 Å². The van der Waals surface area contributed by atoms with Gasteiger partial charge < -0.3 is 10.1 Å². The summed E-state index contributed by atoms with van der Waals surface area (Å²) in [6.45, 7) is 4.01. The lowest BCUT2D eigenvalue weighted by atomic mass is 9.83. The number of nitrogens with one attached hydrogen (secondary N) is 1. The molecule has 1 atom stereocenters. The summed E-state index contributed by atoms with van der Waals surface area (Å²) in [6.07, 6.45) is 5.41. The van der Waals surface area contributed by atoms with Crippen LogP contribution in [0.5, 0.6) is 0 Å². The Labute approximate surface area is 121 Å². The van der Waals surface area contributed by atoms with Crippen LogP contribution in [-0.2, 0) is 16.1 Å². The van der Waals surface area contributed by atoms with E-state index in [1.165, 1.54) is 25.7 Å². The molecule has 1 aliphatic rings. The Hall–Kier alpha value is -1.35. The van der Waals surface area contributed by atoms with Gasteiger partial charge in [-0.1, -0.05) is 56.5 Å². The Morgan fingerprint density at radius 3 is 2.75 bits per heavy atom. The fraction of sp³-hybridized carbons (Fsp3) is 0.588. The molecule has 1 aromatic carbocycles. The fourth-order valence-electron chi connectivity index (χ4n) is 2.36. The molecule has 0 aliphatic heterocycles. The molecule has 3 nitrogen and oxygen atoms in total. The largest absolute Gasteiger partial charge is 0.461 e. The Balaban J connectivity index is 1.56. The molecule has 2 rings (SSSR count). The van der Waals surface area contributed by atoms with Crippen molar-refractivity contribution in [2.45, 2.75) is 39.2 Å². The average molecular weight is 275 g/mol. The number of hydrogen-bond acceptors (Lipinski definition) is 3. The molecule has 1 unspecified atom stereocenters. The maximum atomic E-state index is 11.8. The van der Waals surface area contributed by atoms with Crippen molar-refractivity contribution in [1.82, 2.24) is 5.32 Å². The van der Waals surface area contributed by atoms with Gasteiger partial charge in [-0.15, -0.1) is 0 Å². The van der Waals surface area contributed by atoms with E-state index in [0.717, 1.165) is 18.0 Å². The first kappa shape index (κ1) is 15.0. The van der Waals surface area contributed by atoms with Gasteiger partial charge in [0.25, 0.3) is 0 Å². The molecule has 3 heteroatoms. The van der Waals surface area contributed by atoms with Crippen molar-refractivity contribution in [3.63, 3.8) is 0 Å². The van der Waals surface area contributed by atoms with Crippen LogP contribution in [0, 0.1) is 11.8 Å². The first-order valence-electron chi connectivity index (χ1n) is 7.67. The summed E-state index contributed by atoms with van der Waals surface area (Å²) in [5.41, 5.74) is 1.03. The Kier molecular flexibility index (Phi) is 6.06. The minimum Gasteiger partial charge on any atom is -0.461 e. The van der Waals surface area contributed by atoms with Gasteiger partial charge in [0.1, 0.15) is 6.61 Å². The molecule has 20 heavy (non-hydrogen) atoms. The monoisotopic (exact) mass is 275 g/mol. The summed E-state index contributed by atoms with van der Waals surface area (Å²) >= 11 is 0. The summed E-state index contributed by atoms with van der Waals surface area (Å²) < 4.78 is 5.32. The van der Waals surface area contributed by atoms with E-state index in [0.29, 0.717) is 13.2 Å². The maximum Gasteiger partial charge on any atom is 0.310 e. The van der Waals surface area contributed by atoms with Crippen LogP contribution in [0.4, 0.5) is 0 Å². The van der Waals surface area contributed by atoms with Crippen LogP contribution in [-0.4, -0.2) is 19.1 Å². The molecule has 0 radical (unpaired) electrons. The predicted molar refractivity (Wildman–Crippen MR) is 80.2 cm³/mol. The lowest BCUT2D eigenvalue weighted by Crippen LogP contribution is -2.30. The minimum atomic E-state index is -0.120. The van der Waals surface area contributed by atoms with E-state index in [2.05, 4.69) is 5.32 Å². The third kappa shape index (κ3) is 4.97. The number of benzene rings is 1. The summed E-state index contributed by atoms with van der Waals surface area (Å²) in [5.74, 6) is 0.716. The zero-order chi connectivity index (χ0) is 14.2. The van der Waals surface area contributed by atoms with Crippen molar-refractivity contribution < 1.29 is 9.53 Å². The van der Waals surface area contributed by atoms with Crippen molar-refractivity contribution in [3.05, 3.63) is 35.9 Å². The molecule has 0 aromatic heterocycles. The summed E-state index contributed by atoms with van der Waals surface area (Å²) in [5, 5.41) is 3.36. The van der Waals surface area contributed by atoms with Crippen LogP contribution in [0.2, 0.25) is 0 Å². The third-order valence-corrected chi connectivity index (χ3v) is 4.03. The fourth-order valence-corrected chi connectivity index (χ4v) is 2.36. The molecule has 0 heterocycles. The normalized spacial score (nSPS) is 16.4. The molecule has 1 aliphatic carbocycles. The molecule has 0 saturated heterocycles. The molecule has 1 N–H and O–H groups in total. The SMILES string of the molecule is CC(CNCCC1CCC1)C(=O)OCc1ccccc1. The first-order valence-corrected chi connectivity index (χ1v) is 7.67. The van der Waals surface area contributed by atoms with Gasteiger partial charge in [-0.25, -0.2) is 0 Å².